The topological polar surface area (TPSA) is 44.7 Å². The molecule has 1 aromatic rings. The fourth-order valence-corrected chi connectivity index (χ4v) is 5.01. The molecular formula is C20H30N2O2. The van der Waals surface area contributed by atoms with Crippen molar-refractivity contribution < 1.29 is 9.84 Å². The predicted octanol–water partition coefficient (Wildman–Crippen LogP) is 2.23. The van der Waals surface area contributed by atoms with Crippen molar-refractivity contribution in [2.45, 2.75) is 49.6 Å². The largest absolute Gasteiger partial charge is 0.395 e. The summed E-state index contributed by atoms with van der Waals surface area (Å²) in [6.45, 7) is 5.11. The average Bonchev–Trinajstić information content (AvgIpc) is 2.92. The third-order valence-corrected chi connectivity index (χ3v) is 6.39. The highest BCUT2D eigenvalue weighted by atomic mass is 16.5. The maximum atomic E-state index is 9.20. The zero-order valence-corrected chi connectivity index (χ0v) is 14.5. The van der Waals surface area contributed by atoms with Gasteiger partial charge in [0.2, 0.25) is 0 Å². The fourth-order valence-electron chi connectivity index (χ4n) is 5.01. The monoisotopic (exact) mass is 330 g/mol. The van der Waals surface area contributed by atoms with Crippen molar-refractivity contribution >= 4 is 0 Å². The first-order valence-electron chi connectivity index (χ1n) is 9.57. The van der Waals surface area contributed by atoms with E-state index in [0.717, 1.165) is 45.7 Å². The molecule has 2 saturated heterocycles. The maximum absolute atomic E-state index is 9.20. The van der Waals surface area contributed by atoms with Crippen molar-refractivity contribution in [1.29, 1.82) is 0 Å². The van der Waals surface area contributed by atoms with Gasteiger partial charge in [-0.2, -0.15) is 0 Å². The van der Waals surface area contributed by atoms with Gasteiger partial charge in [-0.15, -0.1) is 0 Å². The molecule has 2 aliphatic heterocycles. The number of hydrogen-bond acceptors (Lipinski definition) is 4. The molecule has 132 valence electrons. The molecule has 2 fully saturated rings. The molecule has 0 radical (unpaired) electrons. The minimum absolute atomic E-state index is 0.275. The van der Waals surface area contributed by atoms with Crippen molar-refractivity contribution in [3.63, 3.8) is 0 Å². The summed E-state index contributed by atoms with van der Waals surface area (Å²) in [5.74, 6) is 0. The molecule has 4 nitrogen and oxygen atoms in total. The number of aliphatic hydroxyl groups excluding tert-OH is 1. The molecule has 0 saturated carbocycles. The zero-order valence-electron chi connectivity index (χ0n) is 14.5. The Bertz CT molecular complexity index is 548. The lowest BCUT2D eigenvalue weighted by atomic mass is 9.73. The quantitative estimate of drug-likeness (QED) is 0.889. The average molecular weight is 330 g/mol. The molecule has 0 amide bonds. The van der Waals surface area contributed by atoms with E-state index in [1.54, 1.807) is 5.56 Å². The van der Waals surface area contributed by atoms with Crippen molar-refractivity contribution in [1.82, 2.24) is 10.2 Å². The summed E-state index contributed by atoms with van der Waals surface area (Å²) in [6.07, 6.45) is 5.94. The minimum atomic E-state index is 0.275. The van der Waals surface area contributed by atoms with Gasteiger partial charge in [-0.1, -0.05) is 24.3 Å². The van der Waals surface area contributed by atoms with E-state index in [1.807, 2.05) is 0 Å². The summed E-state index contributed by atoms with van der Waals surface area (Å²) in [4.78, 5) is 2.41. The Kier molecular flexibility index (Phi) is 4.90. The first kappa shape index (κ1) is 16.5. The third kappa shape index (κ3) is 3.13. The van der Waals surface area contributed by atoms with Crippen LogP contribution < -0.4 is 5.32 Å². The molecule has 2 heterocycles. The number of nitrogens with zero attached hydrogens (tertiary/aromatic N) is 1. The number of ether oxygens (including phenoxy) is 1. The summed E-state index contributed by atoms with van der Waals surface area (Å²) in [7, 11) is 0. The van der Waals surface area contributed by atoms with Gasteiger partial charge < -0.3 is 20.1 Å². The normalized spacial score (nSPS) is 27.5. The number of piperidine rings is 1. The summed E-state index contributed by atoms with van der Waals surface area (Å²) in [5.41, 5.74) is 3.45. The van der Waals surface area contributed by atoms with E-state index in [2.05, 4.69) is 34.5 Å². The van der Waals surface area contributed by atoms with Gasteiger partial charge in [-0.05, 0) is 61.7 Å². The Morgan fingerprint density at radius 1 is 1.17 bits per heavy atom. The van der Waals surface area contributed by atoms with E-state index in [9.17, 15) is 5.11 Å². The zero-order chi connectivity index (χ0) is 16.4. The van der Waals surface area contributed by atoms with Gasteiger partial charge in [0.1, 0.15) is 0 Å². The summed E-state index contributed by atoms with van der Waals surface area (Å²) < 4.78 is 5.51. The third-order valence-electron chi connectivity index (χ3n) is 6.39. The lowest BCUT2D eigenvalue weighted by Crippen LogP contribution is -2.43. The van der Waals surface area contributed by atoms with Gasteiger partial charge in [0.05, 0.1) is 6.61 Å². The van der Waals surface area contributed by atoms with Crippen LogP contribution in [0.25, 0.3) is 0 Å². The fraction of sp³-hybridized carbons (Fsp3) is 0.700. The number of aliphatic hydroxyl groups is 1. The highest BCUT2D eigenvalue weighted by molar-refractivity contribution is 5.42. The molecule has 1 atom stereocenters. The van der Waals surface area contributed by atoms with Gasteiger partial charge in [-0.3, -0.25) is 0 Å². The van der Waals surface area contributed by atoms with Crippen molar-refractivity contribution in [3.05, 3.63) is 35.4 Å². The van der Waals surface area contributed by atoms with Crippen LogP contribution in [0.15, 0.2) is 24.3 Å². The standard InChI is InChI=1S/C20H30N2O2/c23-12-11-22-9-7-20(8-10-22)15-19(17-3-1-2-4-18(17)20)21-16-5-13-24-14-6-16/h1-4,16,19,21,23H,5-15H2. The Hall–Kier alpha value is -0.940. The van der Waals surface area contributed by atoms with Gasteiger partial charge in [0.25, 0.3) is 0 Å². The van der Waals surface area contributed by atoms with Crippen LogP contribution in [0, 0.1) is 0 Å². The second-order valence-electron chi connectivity index (χ2n) is 7.74. The van der Waals surface area contributed by atoms with Crippen molar-refractivity contribution in [2.75, 3.05) is 39.5 Å². The van der Waals surface area contributed by atoms with Crippen LogP contribution in [0.2, 0.25) is 0 Å². The van der Waals surface area contributed by atoms with E-state index in [1.165, 1.54) is 24.8 Å². The lowest BCUT2D eigenvalue weighted by molar-refractivity contribution is 0.0728. The summed E-state index contributed by atoms with van der Waals surface area (Å²) >= 11 is 0. The van der Waals surface area contributed by atoms with Crippen molar-refractivity contribution in [3.8, 4) is 0 Å². The molecule has 4 rings (SSSR count). The van der Waals surface area contributed by atoms with E-state index >= 15 is 0 Å². The van der Waals surface area contributed by atoms with Crippen LogP contribution in [0.4, 0.5) is 0 Å². The molecule has 3 aliphatic rings. The minimum Gasteiger partial charge on any atom is -0.395 e. The Morgan fingerprint density at radius 2 is 1.92 bits per heavy atom. The van der Waals surface area contributed by atoms with Crippen LogP contribution in [0.3, 0.4) is 0 Å². The molecule has 2 N–H and O–H groups in total. The number of benzene rings is 1. The van der Waals surface area contributed by atoms with Crippen LogP contribution in [-0.2, 0) is 10.2 Å². The number of likely N-dealkylation sites (tertiary alicyclic amines) is 1. The van der Waals surface area contributed by atoms with Crippen molar-refractivity contribution in [2.24, 2.45) is 0 Å². The number of β-amino-alcohol motifs (C(OH)–C–C–N with tert-alkyl or cyclic N) is 1. The van der Waals surface area contributed by atoms with Crippen LogP contribution in [0.1, 0.15) is 49.3 Å². The van der Waals surface area contributed by atoms with Crippen LogP contribution in [0.5, 0.6) is 0 Å². The van der Waals surface area contributed by atoms with Crippen LogP contribution >= 0.6 is 0 Å². The van der Waals surface area contributed by atoms with E-state index in [0.29, 0.717) is 17.5 Å². The smallest absolute Gasteiger partial charge is 0.0558 e. The van der Waals surface area contributed by atoms with E-state index in [4.69, 9.17) is 4.74 Å². The van der Waals surface area contributed by atoms with E-state index in [-0.39, 0.29) is 6.61 Å². The molecule has 1 aromatic carbocycles. The number of hydrogen-bond donors (Lipinski definition) is 2. The maximum Gasteiger partial charge on any atom is 0.0558 e. The molecule has 1 unspecified atom stereocenters. The number of fused-ring (bicyclic) bond motifs is 2. The Balaban J connectivity index is 1.51. The Morgan fingerprint density at radius 3 is 2.67 bits per heavy atom. The molecule has 4 heteroatoms. The van der Waals surface area contributed by atoms with Gasteiger partial charge in [0, 0.05) is 31.8 Å². The molecule has 1 aliphatic carbocycles. The highest BCUT2D eigenvalue weighted by Crippen LogP contribution is 2.50. The molecule has 0 bridgehead atoms. The van der Waals surface area contributed by atoms with E-state index < -0.39 is 0 Å². The molecule has 1 spiro atoms. The van der Waals surface area contributed by atoms with Gasteiger partial charge >= 0.3 is 0 Å². The van der Waals surface area contributed by atoms with Crippen LogP contribution in [-0.4, -0.2) is 55.5 Å². The summed E-state index contributed by atoms with van der Waals surface area (Å²) in [5, 5.41) is 13.1. The first-order chi connectivity index (χ1) is 11.8. The molecular weight excluding hydrogens is 300 g/mol. The summed E-state index contributed by atoms with van der Waals surface area (Å²) in [6, 6.07) is 10.2. The molecule has 0 aromatic heterocycles. The predicted molar refractivity (Wildman–Crippen MR) is 95.2 cm³/mol. The highest BCUT2D eigenvalue weighted by Gasteiger charge is 2.45. The van der Waals surface area contributed by atoms with Gasteiger partial charge in [0.15, 0.2) is 0 Å². The Labute approximate surface area is 145 Å². The number of nitrogens with one attached hydrogen (secondary N) is 1. The lowest BCUT2D eigenvalue weighted by Gasteiger charge is -2.40. The van der Waals surface area contributed by atoms with Gasteiger partial charge in [-0.25, -0.2) is 0 Å². The first-order valence-corrected chi connectivity index (χ1v) is 9.57. The molecule has 24 heavy (non-hydrogen) atoms. The SMILES string of the molecule is OCCN1CCC2(CC1)CC(NC1CCOCC1)c1ccccc12. The second-order valence-corrected chi connectivity index (χ2v) is 7.74. The number of rotatable bonds is 4. The second kappa shape index (κ2) is 7.12.